The minimum absolute atomic E-state index is 0.0958. The number of rotatable bonds is 6. The first-order chi connectivity index (χ1) is 10.5. The molecule has 1 heterocycles. The number of sulfonamides is 1. The fourth-order valence-electron chi connectivity index (χ4n) is 2.43. The number of benzene rings is 1. The van der Waals surface area contributed by atoms with Gasteiger partial charge in [-0.15, -0.1) is 0 Å². The number of ether oxygens (including phenoxy) is 2. The molecule has 8 heteroatoms. The van der Waals surface area contributed by atoms with Crippen molar-refractivity contribution in [1.82, 2.24) is 10.0 Å². The van der Waals surface area contributed by atoms with Crippen molar-refractivity contribution in [2.24, 2.45) is 0 Å². The van der Waals surface area contributed by atoms with Gasteiger partial charge in [-0.25, -0.2) is 13.1 Å². The zero-order valence-electron chi connectivity index (χ0n) is 12.7. The molecular formula is C14H21BrN2O4S. The molecule has 0 radical (unpaired) electrons. The first-order valence-electron chi connectivity index (χ1n) is 7.12. The van der Waals surface area contributed by atoms with Gasteiger partial charge in [0.15, 0.2) is 0 Å². The van der Waals surface area contributed by atoms with Crippen LogP contribution in [0.15, 0.2) is 21.5 Å². The van der Waals surface area contributed by atoms with Crippen molar-refractivity contribution in [2.75, 3.05) is 27.3 Å². The Bertz CT molecular complexity index is 616. The second-order valence-corrected chi connectivity index (χ2v) is 7.73. The van der Waals surface area contributed by atoms with E-state index in [4.69, 9.17) is 9.47 Å². The van der Waals surface area contributed by atoms with Crippen LogP contribution < -0.4 is 19.5 Å². The van der Waals surface area contributed by atoms with Gasteiger partial charge in [0, 0.05) is 18.7 Å². The van der Waals surface area contributed by atoms with Crippen LogP contribution in [0.4, 0.5) is 0 Å². The quantitative estimate of drug-likeness (QED) is 0.772. The summed E-state index contributed by atoms with van der Waals surface area (Å²) in [5, 5.41) is 3.31. The van der Waals surface area contributed by atoms with E-state index in [9.17, 15) is 8.42 Å². The number of hydrogen-bond acceptors (Lipinski definition) is 5. The largest absolute Gasteiger partial charge is 0.495 e. The average Bonchev–Trinajstić information content (AvgIpc) is 2.53. The monoisotopic (exact) mass is 392 g/mol. The van der Waals surface area contributed by atoms with E-state index in [0.29, 0.717) is 16.8 Å². The van der Waals surface area contributed by atoms with E-state index in [0.717, 1.165) is 25.8 Å². The summed E-state index contributed by atoms with van der Waals surface area (Å²) in [6.45, 7) is 1.30. The molecule has 1 atom stereocenters. The van der Waals surface area contributed by atoms with E-state index in [1.807, 2.05) is 0 Å². The van der Waals surface area contributed by atoms with Crippen LogP contribution in [-0.2, 0) is 10.0 Å². The summed E-state index contributed by atoms with van der Waals surface area (Å²) < 4.78 is 38.6. The smallest absolute Gasteiger partial charge is 0.244 e. The van der Waals surface area contributed by atoms with Gasteiger partial charge < -0.3 is 14.8 Å². The molecule has 6 nitrogen and oxygen atoms in total. The van der Waals surface area contributed by atoms with Crippen molar-refractivity contribution in [3.63, 3.8) is 0 Å². The maximum Gasteiger partial charge on any atom is 0.244 e. The molecule has 2 rings (SSSR count). The molecule has 0 aromatic heterocycles. The lowest BCUT2D eigenvalue weighted by molar-refractivity contribution is 0.383. The highest BCUT2D eigenvalue weighted by molar-refractivity contribution is 9.10. The second kappa shape index (κ2) is 7.63. The van der Waals surface area contributed by atoms with Gasteiger partial charge in [-0.05, 0) is 41.4 Å². The Balaban J connectivity index is 2.19. The summed E-state index contributed by atoms with van der Waals surface area (Å²) in [6.07, 6.45) is 3.24. The lowest BCUT2D eigenvalue weighted by atomic mass is 10.1. The highest BCUT2D eigenvalue weighted by Crippen LogP contribution is 2.35. The number of nitrogens with one attached hydrogen (secondary N) is 2. The molecule has 0 amide bonds. The molecule has 2 N–H and O–H groups in total. The van der Waals surface area contributed by atoms with Gasteiger partial charge in [-0.2, -0.15) is 0 Å². The van der Waals surface area contributed by atoms with Gasteiger partial charge in [0.25, 0.3) is 0 Å². The predicted octanol–water partition coefficient (Wildman–Crippen LogP) is 1.89. The fraction of sp³-hybridized carbons (Fsp3) is 0.571. The van der Waals surface area contributed by atoms with Crippen LogP contribution in [0, 0.1) is 0 Å². The molecule has 0 unspecified atom stereocenters. The Hall–Kier alpha value is -0.830. The van der Waals surface area contributed by atoms with E-state index >= 15 is 0 Å². The molecule has 124 valence electrons. The summed E-state index contributed by atoms with van der Waals surface area (Å²) in [5.41, 5.74) is 0. The van der Waals surface area contributed by atoms with E-state index in [1.54, 1.807) is 6.07 Å². The standard InChI is InChI=1S/C14H21BrN2O4S/c1-20-12-8-13(21-2)14(7-11(12)15)22(18,19)17-9-10-5-3-4-6-16-10/h7-8,10,16-17H,3-6,9H2,1-2H3/t10-/m1/s1. The maximum absolute atomic E-state index is 12.5. The minimum Gasteiger partial charge on any atom is -0.495 e. The SMILES string of the molecule is COc1cc(OC)c(S(=O)(=O)NC[C@H]2CCCCN2)cc1Br. The first kappa shape index (κ1) is 17.5. The van der Waals surface area contributed by atoms with Crippen LogP contribution in [0.5, 0.6) is 11.5 Å². The molecule has 0 saturated carbocycles. The number of piperidine rings is 1. The molecule has 1 aromatic rings. The number of hydrogen-bond donors (Lipinski definition) is 2. The third-order valence-corrected chi connectivity index (χ3v) is 5.72. The number of methoxy groups -OCH3 is 2. The van der Waals surface area contributed by atoms with Crippen LogP contribution in [-0.4, -0.2) is 41.8 Å². The van der Waals surface area contributed by atoms with E-state index < -0.39 is 10.0 Å². The first-order valence-corrected chi connectivity index (χ1v) is 9.40. The lowest BCUT2D eigenvalue weighted by Crippen LogP contribution is -2.43. The Morgan fingerprint density at radius 3 is 2.59 bits per heavy atom. The topological polar surface area (TPSA) is 76.7 Å². The van der Waals surface area contributed by atoms with Crippen molar-refractivity contribution >= 4 is 26.0 Å². The lowest BCUT2D eigenvalue weighted by Gasteiger charge is -2.23. The van der Waals surface area contributed by atoms with E-state index in [2.05, 4.69) is 26.0 Å². The third-order valence-electron chi connectivity index (χ3n) is 3.66. The highest BCUT2D eigenvalue weighted by atomic mass is 79.9. The Labute approximate surface area is 139 Å². The zero-order valence-corrected chi connectivity index (χ0v) is 15.1. The molecule has 1 saturated heterocycles. The van der Waals surface area contributed by atoms with Gasteiger partial charge in [-0.1, -0.05) is 6.42 Å². The maximum atomic E-state index is 12.5. The molecule has 0 spiro atoms. The van der Waals surface area contributed by atoms with Gasteiger partial charge >= 0.3 is 0 Å². The van der Waals surface area contributed by atoms with Crippen LogP contribution in [0.25, 0.3) is 0 Å². The summed E-state index contributed by atoms with van der Waals surface area (Å²) in [5.74, 6) is 0.772. The molecule has 0 aliphatic carbocycles. The van der Waals surface area contributed by atoms with Crippen LogP contribution in [0.3, 0.4) is 0 Å². The molecule has 1 aliphatic rings. The molecule has 0 bridgehead atoms. The predicted molar refractivity (Wildman–Crippen MR) is 88.1 cm³/mol. The van der Waals surface area contributed by atoms with Gasteiger partial charge in [0.05, 0.1) is 18.7 Å². The Morgan fingerprint density at radius 2 is 2.00 bits per heavy atom. The summed E-state index contributed by atoms with van der Waals surface area (Å²) in [4.78, 5) is 0.0958. The molecule has 1 fully saturated rings. The third kappa shape index (κ3) is 4.13. The highest BCUT2D eigenvalue weighted by Gasteiger charge is 2.23. The van der Waals surface area contributed by atoms with E-state index in [1.165, 1.54) is 20.3 Å². The summed E-state index contributed by atoms with van der Waals surface area (Å²) in [7, 11) is -0.701. The van der Waals surface area contributed by atoms with Crippen molar-refractivity contribution in [3.8, 4) is 11.5 Å². The van der Waals surface area contributed by atoms with Gasteiger partial charge in [0.1, 0.15) is 16.4 Å². The molecule has 1 aliphatic heterocycles. The fourth-order valence-corrected chi connectivity index (χ4v) is 4.34. The van der Waals surface area contributed by atoms with Gasteiger partial charge in [-0.3, -0.25) is 0 Å². The van der Waals surface area contributed by atoms with Crippen molar-refractivity contribution in [2.45, 2.75) is 30.2 Å². The average molecular weight is 393 g/mol. The molecular weight excluding hydrogens is 372 g/mol. The van der Waals surface area contributed by atoms with Crippen LogP contribution in [0.2, 0.25) is 0 Å². The van der Waals surface area contributed by atoms with Gasteiger partial charge in [0.2, 0.25) is 10.0 Å². The van der Waals surface area contributed by atoms with Crippen molar-refractivity contribution in [1.29, 1.82) is 0 Å². The zero-order chi connectivity index (χ0) is 16.2. The molecule has 22 heavy (non-hydrogen) atoms. The molecule has 1 aromatic carbocycles. The second-order valence-electron chi connectivity index (χ2n) is 5.14. The van der Waals surface area contributed by atoms with E-state index in [-0.39, 0.29) is 16.7 Å². The Kier molecular flexibility index (Phi) is 6.08. The van der Waals surface area contributed by atoms with Crippen molar-refractivity contribution < 1.29 is 17.9 Å². The normalized spacial score (nSPS) is 19.0. The summed E-state index contributed by atoms with van der Waals surface area (Å²) in [6, 6.07) is 3.22. The Morgan fingerprint density at radius 1 is 1.27 bits per heavy atom. The van der Waals surface area contributed by atoms with Crippen LogP contribution in [0.1, 0.15) is 19.3 Å². The number of halogens is 1. The minimum atomic E-state index is -3.65. The summed E-state index contributed by atoms with van der Waals surface area (Å²) >= 11 is 3.31. The van der Waals surface area contributed by atoms with Crippen LogP contribution >= 0.6 is 15.9 Å². The van der Waals surface area contributed by atoms with Crippen molar-refractivity contribution in [3.05, 3.63) is 16.6 Å².